The maximum atomic E-state index is 12.8. The molecule has 7 nitrogen and oxygen atoms in total. The first-order chi connectivity index (χ1) is 13.4. The summed E-state index contributed by atoms with van der Waals surface area (Å²) in [5.41, 5.74) is 1.22. The van der Waals surface area contributed by atoms with E-state index >= 15 is 0 Å². The minimum atomic E-state index is -0.572. The number of thiophene rings is 1. The second-order valence-electron chi connectivity index (χ2n) is 6.59. The maximum absolute atomic E-state index is 12.8. The number of H-pyrrole nitrogens is 1. The van der Waals surface area contributed by atoms with Crippen LogP contribution in [0, 0.1) is 10.7 Å². The minimum Gasteiger partial charge on any atom is -0.326 e. The molecule has 146 valence electrons. The Balaban J connectivity index is 1.78. The Kier molecular flexibility index (Phi) is 6.05. The molecule has 3 aromatic rings. The van der Waals surface area contributed by atoms with Gasteiger partial charge in [0.15, 0.2) is 10.6 Å². The van der Waals surface area contributed by atoms with E-state index in [1.165, 1.54) is 11.3 Å². The van der Waals surface area contributed by atoms with Crippen molar-refractivity contribution in [2.24, 2.45) is 5.92 Å². The van der Waals surface area contributed by atoms with Crippen molar-refractivity contribution in [2.75, 3.05) is 10.6 Å². The molecule has 2 aromatic heterocycles. The molecule has 1 unspecified atom stereocenters. The Hall–Kier alpha value is -2.78. The molecular weight excluding hydrogens is 394 g/mol. The van der Waals surface area contributed by atoms with E-state index < -0.39 is 6.04 Å². The van der Waals surface area contributed by atoms with Crippen molar-refractivity contribution in [3.8, 4) is 10.7 Å². The van der Waals surface area contributed by atoms with Crippen LogP contribution in [0.1, 0.15) is 26.8 Å². The SMILES string of the molecule is CC(C)C(=O)Nc1cccc(NC(=O)C(C)n2c(-c3cccs3)n[nH]c2=S)c1. The van der Waals surface area contributed by atoms with Crippen molar-refractivity contribution in [1.82, 2.24) is 14.8 Å². The van der Waals surface area contributed by atoms with E-state index in [9.17, 15) is 9.59 Å². The van der Waals surface area contributed by atoms with Crippen LogP contribution in [-0.2, 0) is 9.59 Å². The fraction of sp³-hybridized carbons (Fsp3) is 0.263. The van der Waals surface area contributed by atoms with Gasteiger partial charge in [-0.15, -0.1) is 11.3 Å². The first kappa shape index (κ1) is 20.0. The molecule has 0 radical (unpaired) electrons. The number of nitrogens with zero attached hydrogens (tertiary/aromatic N) is 2. The second kappa shape index (κ2) is 8.49. The van der Waals surface area contributed by atoms with Crippen LogP contribution in [0.4, 0.5) is 11.4 Å². The van der Waals surface area contributed by atoms with Crippen molar-refractivity contribution >= 4 is 46.7 Å². The van der Waals surface area contributed by atoms with Crippen LogP contribution in [0.5, 0.6) is 0 Å². The molecule has 0 fully saturated rings. The lowest BCUT2D eigenvalue weighted by molar-refractivity contribution is -0.119. The summed E-state index contributed by atoms with van der Waals surface area (Å²) in [6.07, 6.45) is 0. The number of hydrogen-bond acceptors (Lipinski definition) is 5. The number of aromatic nitrogens is 3. The first-order valence-corrected chi connectivity index (χ1v) is 10.1. The third-order valence-electron chi connectivity index (χ3n) is 4.13. The second-order valence-corrected chi connectivity index (χ2v) is 7.92. The normalized spacial score (nSPS) is 12.0. The predicted molar refractivity (Wildman–Crippen MR) is 114 cm³/mol. The van der Waals surface area contributed by atoms with Crippen LogP contribution >= 0.6 is 23.6 Å². The largest absolute Gasteiger partial charge is 0.326 e. The molecule has 0 aliphatic heterocycles. The third-order valence-corrected chi connectivity index (χ3v) is 5.29. The maximum Gasteiger partial charge on any atom is 0.247 e. The van der Waals surface area contributed by atoms with E-state index in [1.807, 2.05) is 31.4 Å². The highest BCUT2D eigenvalue weighted by Gasteiger charge is 2.21. The average Bonchev–Trinajstić information content (AvgIpc) is 3.30. The van der Waals surface area contributed by atoms with Crippen molar-refractivity contribution < 1.29 is 9.59 Å². The smallest absolute Gasteiger partial charge is 0.247 e. The van der Waals surface area contributed by atoms with Gasteiger partial charge in [-0.05, 0) is 48.8 Å². The van der Waals surface area contributed by atoms with E-state index in [1.54, 1.807) is 35.8 Å². The minimum absolute atomic E-state index is 0.0814. The van der Waals surface area contributed by atoms with Crippen LogP contribution in [0.3, 0.4) is 0 Å². The fourth-order valence-corrected chi connectivity index (χ4v) is 3.57. The summed E-state index contributed by atoms with van der Waals surface area (Å²) < 4.78 is 2.07. The van der Waals surface area contributed by atoms with E-state index in [2.05, 4.69) is 20.8 Å². The number of carbonyl (C=O) groups is 2. The van der Waals surface area contributed by atoms with Gasteiger partial charge in [-0.25, -0.2) is 0 Å². The quantitative estimate of drug-likeness (QED) is 0.518. The molecule has 0 bridgehead atoms. The highest BCUT2D eigenvalue weighted by atomic mass is 32.1. The van der Waals surface area contributed by atoms with E-state index in [0.29, 0.717) is 22.0 Å². The summed E-state index contributed by atoms with van der Waals surface area (Å²) in [5.74, 6) is 0.183. The highest BCUT2D eigenvalue weighted by molar-refractivity contribution is 7.71. The third kappa shape index (κ3) is 4.37. The van der Waals surface area contributed by atoms with Gasteiger partial charge in [0.1, 0.15) is 6.04 Å². The number of carbonyl (C=O) groups excluding carboxylic acids is 2. The molecule has 3 rings (SSSR count). The van der Waals surface area contributed by atoms with E-state index in [-0.39, 0.29) is 17.7 Å². The zero-order valence-corrected chi connectivity index (χ0v) is 17.4. The standard InChI is InChI=1S/C19H21N5O2S2/c1-11(2)17(25)20-13-6-4-7-14(10-13)21-18(26)12(3)24-16(22-23-19(24)27)15-8-5-9-28-15/h4-12H,1-3H3,(H,20,25)(H,21,26)(H,23,27). The molecule has 0 saturated carbocycles. The van der Waals surface area contributed by atoms with Gasteiger partial charge in [0.2, 0.25) is 11.8 Å². The number of aromatic amines is 1. The number of nitrogens with one attached hydrogen (secondary N) is 3. The van der Waals surface area contributed by atoms with Gasteiger partial charge >= 0.3 is 0 Å². The molecule has 28 heavy (non-hydrogen) atoms. The number of amides is 2. The van der Waals surface area contributed by atoms with Gasteiger partial charge in [-0.1, -0.05) is 26.0 Å². The van der Waals surface area contributed by atoms with Crippen molar-refractivity contribution in [1.29, 1.82) is 0 Å². The summed E-state index contributed by atoms with van der Waals surface area (Å²) in [5, 5.41) is 14.7. The summed E-state index contributed by atoms with van der Waals surface area (Å²) >= 11 is 6.85. The van der Waals surface area contributed by atoms with E-state index in [0.717, 1.165) is 4.88 Å². The molecule has 1 atom stereocenters. The van der Waals surface area contributed by atoms with Gasteiger partial charge in [0.05, 0.1) is 4.88 Å². The van der Waals surface area contributed by atoms with Crippen molar-refractivity contribution in [2.45, 2.75) is 26.8 Å². The lowest BCUT2D eigenvalue weighted by Crippen LogP contribution is -2.24. The summed E-state index contributed by atoms with van der Waals surface area (Å²) in [7, 11) is 0. The van der Waals surface area contributed by atoms with Crippen LogP contribution in [0.2, 0.25) is 0 Å². The molecule has 2 heterocycles. The van der Waals surface area contributed by atoms with Gasteiger partial charge in [-0.3, -0.25) is 19.3 Å². The average molecular weight is 416 g/mol. The van der Waals surface area contributed by atoms with Crippen LogP contribution in [0.25, 0.3) is 10.7 Å². The topological polar surface area (TPSA) is 91.8 Å². The number of rotatable bonds is 6. The first-order valence-electron chi connectivity index (χ1n) is 8.79. The van der Waals surface area contributed by atoms with Gasteiger partial charge in [0, 0.05) is 17.3 Å². The molecule has 2 amide bonds. The molecule has 0 aliphatic carbocycles. The van der Waals surface area contributed by atoms with Gasteiger partial charge in [0.25, 0.3) is 0 Å². The lowest BCUT2D eigenvalue weighted by atomic mass is 10.2. The number of benzene rings is 1. The predicted octanol–water partition coefficient (Wildman–Crippen LogP) is 4.46. The Morgan fingerprint density at radius 3 is 2.39 bits per heavy atom. The molecule has 0 aliphatic rings. The Bertz CT molecular complexity index is 1040. The monoisotopic (exact) mass is 415 g/mol. The van der Waals surface area contributed by atoms with Crippen molar-refractivity contribution in [3.63, 3.8) is 0 Å². The Morgan fingerprint density at radius 1 is 1.11 bits per heavy atom. The molecule has 9 heteroatoms. The Labute approximate surface area is 171 Å². The van der Waals surface area contributed by atoms with Crippen LogP contribution in [-0.4, -0.2) is 26.6 Å². The number of hydrogen-bond donors (Lipinski definition) is 3. The highest BCUT2D eigenvalue weighted by Crippen LogP contribution is 2.26. The van der Waals surface area contributed by atoms with Gasteiger partial charge in [-0.2, -0.15) is 5.10 Å². The summed E-state index contributed by atoms with van der Waals surface area (Å²) in [6, 6.07) is 10.3. The summed E-state index contributed by atoms with van der Waals surface area (Å²) in [4.78, 5) is 25.6. The fourth-order valence-electron chi connectivity index (χ4n) is 2.57. The molecule has 1 aromatic carbocycles. The molecule has 0 spiro atoms. The Morgan fingerprint density at radius 2 is 1.79 bits per heavy atom. The lowest BCUT2D eigenvalue weighted by Gasteiger charge is -2.16. The zero-order chi connectivity index (χ0) is 20.3. The molecule has 3 N–H and O–H groups in total. The van der Waals surface area contributed by atoms with Crippen molar-refractivity contribution in [3.05, 3.63) is 46.5 Å². The van der Waals surface area contributed by atoms with Crippen LogP contribution < -0.4 is 10.6 Å². The molecular formula is C19H21N5O2S2. The van der Waals surface area contributed by atoms with E-state index in [4.69, 9.17) is 12.2 Å². The molecule has 0 saturated heterocycles. The summed E-state index contributed by atoms with van der Waals surface area (Å²) in [6.45, 7) is 5.41. The number of anilines is 2. The van der Waals surface area contributed by atoms with Gasteiger partial charge < -0.3 is 10.6 Å². The zero-order valence-electron chi connectivity index (χ0n) is 15.7. The van der Waals surface area contributed by atoms with Crippen LogP contribution in [0.15, 0.2) is 41.8 Å².